The summed E-state index contributed by atoms with van der Waals surface area (Å²) in [7, 11) is 0. The van der Waals surface area contributed by atoms with E-state index in [0.717, 1.165) is 30.0 Å². The van der Waals surface area contributed by atoms with Crippen LogP contribution in [0.2, 0.25) is 0 Å². The lowest BCUT2D eigenvalue weighted by atomic mass is 10.1. The van der Waals surface area contributed by atoms with E-state index in [4.69, 9.17) is 0 Å². The zero-order valence-corrected chi connectivity index (χ0v) is 13.6. The third kappa shape index (κ3) is 3.92. The van der Waals surface area contributed by atoms with E-state index >= 15 is 0 Å². The Balaban J connectivity index is 1.48. The SMILES string of the molecule is FC(F)(F)Oc1ccccc1CN1CCc2nc(C3CC3)ncc2C1. The van der Waals surface area contributed by atoms with E-state index in [9.17, 15) is 13.2 Å². The molecule has 1 aromatic carbocycles. The molecule has 0 unspecified atom stereocenters. The number of alkyl halides is 3. The minimum Gasteiger partial charge on any atom is -0.405 e. The monoisotopic (exact) mass is 349 g/mol. The molecular weight excluding hydrogens is 331 g/mol. The molecule has 2 aromatic rings. The van der Waals surface area contributed by atoms with E-state index in [1.54, 1.807) is 18.2 Å². The fourth-order valence-corrected chi connectivity index (χ4v) is 3.16. The maximum atomic E-state index is 12.6. The van der Waals surface area contributed by atoms with Gasteiger partial charge < -0.3 is 4.74 Å². The van der Waals surface area contributed by atoms with E-state index in [1.165, 1.54) is 18.9 Å². The summed E-state index contributed by atoms with van der Waals surface area (Å²) in [6.07, 6.45) is 0.319. The number of aromatic nitrogens is 2. The van der Waals surface area contributed by atoms with Crippen molar-refractivity contribution in [1.29, 1.82) is 0 Å². The molecule has 1 aliphatic heterocycles. The largest absolute Gasteiger partial charge is 0.573 e. The van der Waals surface area contributed by atoms with Crippen molar-refractivity contribution in [2.75, 3.05) is 6.54 Å². The molecule has 1 saturated carbocycles. The number of hydrogen-bond donors (Lipinski definition) is 0. The van der Waals surface area contributed by atoms with Crippen molar-refractivity contribution >= 4 is 0 Å². The van der Waals surface area contributed by atoms with Crippen LogP contribution in [0.15, 0.2) is 30.5 Å². The topological polar surface area (TPSA) is 38.2 Å². The standard InChI is InChI=1S/C18H18F3N3O/c19-18(20,21)25-16-4-2-1-3-13(16)10-24-8-7-15-14(11-24)9-22-17(23-15)12-5-6-12/h1-4,9,12H,5-8,10-11H2. The number of halogens is 3. The molecule has 1 aliphatic carbocycles. The Labute approximate surface area is 143 Å². The van der Waals surface area contributed by atoms with Gasteiger partial charge in [-0.25, -0.2) is 9.97 Å². The molecule has 0 radical (unpaired) electrons. The number of benzene rings is 1. The predicted molar refractivity (Wildman–Crippen MR) is 85.0 cm³/mol. The minimum atomic E-state index is -4.68. The van der Waals surface area contributed by atoms with Gasteiger partial charge in [0.25, 0.3) is 0 Å². The summed E-state index contributed by atoms with van der Waals surface area (Å²) in [6.45, 7) is 1.80. The second-order valence-corrected chi connectivity index (χ2v) is 6.59. The van der Waals surface area contributed by atoms with Crippen molar-refractivity contribution in [1.82, 2.24) is 14.9 Å². The molecule has 0 amide bonds. The molecule has 0 saturated heterocycles. The van der Waals surface area contributed by atoms with Gasteiger partial charge in [0.15, 0.2) is 0 Å². The van der Waals surface area contributed by atoms with E-state index in [2.05, 4.69) is 19.6 Å². The molecule has 0 spiro atoms. The highest BCUT2D eigenvalue weighted by Crippen LogP contribution is 2.38. The molecule has 25 heavy (non-hydrogen) atoms. The Morgan fingerprint density at radius 1 is 1.20 bits per heavy atom. The molecule has 2 aliphatic rings. The van der Waals surface area contributed by atoms with Crippen molar-refractivity contribution in [3.63, 3.8) is 0 Å². The predicted octanol–water partition coefficient (Wildman–Crippen LogP) is 3.81. The first-order valence-electron chi connectivity index (χ1n) is 8.38. The Kier molecular flexibility index (Phi) is 4.11. The third-order valence-electron chi connectivity index (χ3n) is 4.57. The van der Waals surface area contributed by atoms with Gasteiger partial charge in [0.1, 0.15) is 11.6 Å². The second kappa shape index (κ2) is 6.29. The lowest BCUT2D eigenvalue weighted by Crippen LogP contribution is -2.31. The molecule has 0 bridgehead atoms. The second-order valence-electron chi connectivity index (χ2n) is 6.59. The Morgan fingerprint density at radius 2 is 2.00 bits per heavy atom. The van der Waals surface area contributed by atoms with E-state index in [-0.39, 0.29) is 5.75 Å². The van der Waals surface area contributed by atoms with Crippen LogP contribution in [-0.2, 0) is 19.5 Å². The summed E-state index contributed by atoms with van der Waals surface area (Å²) in [6, 6.07) is 6.29. The van der Waals surface area contributed by atoms with Crippen LogP contribution in [0.5, 0.6) is 5.75 Å². The van der Waals surface area contributed by atoms with Crippen LogP contribution in [-0.4, -0.2) is 27.8 Å². The average Bonchev–Trinajstić information content (AvgIpc) is 3.40. The summed E-state index contributed by atoms with van der Waals surface area (Å²) >= 11 is 0. The van der Waals surface area contributed by atoms with Gasteiger partial charge in [-0.05, 0) is 18.9 Å². The maximum Gasteiger partial charge on any atom is 0.573 e. The maximum absolute atomic E-state index is 12.6. The molecule has 1 aromatic heterocycles. The van der Waals surface area contributed by atoms with Gasteiger partial charge in [0.05, 0.1) is 0 Å². The summed E-state index contributed by atoms with van der Waals surface area (Å²) < 4.78 is 41.8. The normalized spacial score (nSPS) is 18.0. The molecule has 4 nitrogen and oxygen atoms in total. The van der Waals surface area contributed by atoms with E-state index < -0.39 is 6.36 Å². The number of rotatable bonds is 4. The Hall–Kier alpha value is -2.15. The van der Waals surface area contributed by atoms with Gasteiger partial charge in [-0.3, -0.25) is 4.90 Å². The van der Waals surface area contributed by atoms with Crippen molar-refractivity contribution in [2.24, 2.45) is 0 Å². The van der Waals surface area contributed by atoms with Crippen molar-refractivity contribution in [2.45, 2.75) is 44.6 Å². The lowest BCUT2D eigenvalue weighted by Gasteiger charge is -2.28. The van der Waals surface area contributed by atoms with Crippen molar-refractivity contribution in [3.05, 3.63) is 53.1 Å². The van der Waals surface area contributed by atoms with Crippen LogP contribution in [0.25, 0.3) is 0 Å². The number of ether oxygens (including phenoxy) is 1. The Bertz CT molecular complexity index is 774. The molecular formula is C18H18F3N3O. The summed E-state index contributed by atoms with van der Waals surface area (Å²) in [5, 5.41) is 0. The van der Waals surface area contributed by atoms with Crippen LogP contribution < -0.4 is 4.74 Å². The quantitative estimate of drug-likeness (QED) is 0.841. The molecule has 0 atom stereocenters. The molecule has 1 fully saturated rings. The number of fused-ring (bicyclic) bond motifs is 1. The van der Waals surface area contributed by atoms with Gasteiger partial charge in [-0.15, -0.1) is 13.2 Å². The van der Waals surface area contributed by atoms with E-state index in [1.807, 2.05) is 6.20 Å². The van der Waals surface area contributed by atoms with Crippen LogP contribution >= 0.6 is 0 Å². The fraction of sp³-hybridized carbons (Fsp3) is 0.444. The van der Waals surface area contributed by atoms with Gasteiger partial charge in [0.2, 0.25) is 0 Å². The zero-order chi connectivity index (χ0) is 17.4. The van der Waals surface area contributed by atoms with Crippen molar-refractivity contribution in [3.8, 4) is 5.75 Å². The van der Waals surface area contributed by atoms with Crippen LogP contribution in [0, 0.1) is 0 Å². The highest BCUT2D eigenvalue weighted by molar-refractivity contribution is 5.34. The van der Waals surface area contributed by atoms with Gasteiger partial charge >= 0.3 is 6.36 Å². The van der Waals surface area contributed by atoms with Crippen LogP contribution in [0.3, 0.4) is 0 Å². The van der Waals surface area contributed by atoms with Crippen LogP contribution in [0.1, 0.15) is 41.4 Å². The zero-order valence-electron chi connectivity index (χ0n) is 13.6. The number of nitrogens with zero attached hydrogens (tertiary/aromatic N) is 3. The van der Waals surface area contributed by atoms with Crippen molar-refractivity contribution < 1.29 is 17.9 Å². The van der Waals surface area contributed by atoms with E-state index in [0.29, 0.717) is 24.6 Å². The highest BCUT2D eigenvalue weighted by atomic mass is 19.4. The lowest BCUT2D eigenvalue weighted by molar-refractivity contribution is -0.275. The molecule has 0 N–H and O–H groups in total. The molecule has 132 valence electrons. The number of para-hydroxylation sites is 1. The van der Waals surface area contributed by atoms with Gasteiger partial charge in [0, 0.05) is 55.0 Å². The number of hydrogen-bond acceptors (Lipinski definition) is 4. The van der Waals surface area contributed by atoms with Gasteiger partial charge in [-0.2, -0.15) is 0 Å². The average molecular weight is 349 g/mol. The first kappa shape index (κ1) is 16.3. The molecule has 2 heterocycles. The highest BCUT2D eigenvalue weighted by Gasteiger charge is 2.32. The van der Waals surface area contributed by atoms with Crippen LogP contribution in [0.4, 0.5) is 13.2 Å². The minimum absolute atomic E-state index is 0.138. The fourth-order valence-electron chi connectivity index (χ4n) is 3.16. The first-order valence-corrected chi connectivity index (χ1v) is 8.38. The summed E-state index contributed by atoms with van der Waals surface area (Å²) in [4.78, 5) is 11.2. The smallest absolute Gasteiger partial charge is 0.405 e. The third-order valence-corrected chi connectivity index (χ3v) is 4.57. The first-order chi connectivity index (χ1) is 12.0. The van der Waals surface area contributed by atoms with Gasteiger partial charge in [-0.1, -0.05) is 18.2 Å². The molecule has 4 rings (SSSR count). The molecule has 7 heteroatoms. The Morgan fingerprint density at radius 3 is 2.76 bits per heavy atom. The summed E-state index contributed by atoms with van der Waals surface area (Å²) in [5.41, 5.74) is 2.66. The summed E-state index contributed by atoms with van der Waals surface area (Å²) in [5.74, 6) is 1.33.